The maximum Gasteiger partial charge on any atom is -0.0259 e. The molecule has 0 aliphatic heterocycles. The monoisotopic (exact) mass is 164 g/mol. The summed E-state index contributed by atoms with van der Waals surface area (Å²) in [6, 6.07) is 0. The number of allylic oxidation sites excluding steroid dienone is 2. The summed E-state index contributed by atoms with van der Waals surface area (Å²) in [5.41, 5.74) is 0. The van der Waals surface area contributed by atoms with Crippen LogP contribution in [0.5, 0.6) is 0 Å². The Balaban J connectivity index is 2.00. The molecule has 2 rings (SSSR count). The molecule has 1 fully saturated rings. The van der Waals surface area contributed by atoms with E-state index in [9.17, 15) is 0 Å². The second-order valence-electron chi connectivity index (χ2n) is 4.76. The standard InChI is InChI=1S/C12H20/c1-10-4-2-3-5-11-6-7-12(8-10)9-11/h2,4,10-12H,3,5-9H2,1H3. The molecule has 3 unspecified atom stereocenters. The maximum atomic E-state index is 2.43. The van der Waals surface area contributed by atoms with Gasteiger partial charge in [-0.15, -0.1) is 0 Å². The van der Waals surface area contributed by atoms with E-state index in [2.05, 4.69) is 19.1 Å². The Bertz CT molecular complexity index is 169. The summed E-state index contributed by atoms with van der Waals surface area (Å²) < 4.78 is 0. The minimum absolute atomic E-state index is 0.840. The van der Waals surface area contributed by atoms with Crippen molar-refractivity contribution in [2.75, 3.05) is 0 Å². The molecule has 0 aromatic carbocycles. The summed E-state index contributed by atoms with van der Waals surface area (Å²) in [4.78, 5) is 0. The lowest BCUT2D eigenvalue weighted by Crippen LogP contribution is -2.00. The molecule has 1 saturated carbocycles. The van der Waals surface area contributed by atoms with E-state index in [4.69, 9.17) is 0 Å². The predicted octanol–water partition coefficient (Wildman–Crippen LogP) is 3.78. The van der Waals surface area contributed by atoms with Gasteiger partial charge < -0.3 is 0 Å². The lowest BCUT2D eigenvalue weighted by molar-refractivity contribution is 0.421. The molecule has 0 N–H and O–H groups in total. The number of fused-ring (bicyclic) bond motifs is 2. The highest BCUT2D eigenvalue weighted by atomic mass is 14.3. The van der Waals surface area contributed by atoms with Gasteiger partial charge in [-0.1, -0.05) is 31.9 Å². The van der Waals surface area contributed by atoms with Crippen LogP contribution in [-0.4, -0.2) is 0 Å². The largest absolute Gasteiger partial charge is 0.0883 e. The third kappa shape index (κ3) is 1.91. The van der Waals surface area contributed by atoms with E-state index >= 15 is 0 Å². The zero-order valence-corrected chi connectivity index (χ0v) is 8.13. The number of rotatable bonds is 0. The van der Waals surface area contributed by atoms with Crippen LogP contribution in [0.15, 0.2) is 12.2 Å². The van der Waals surface area contributed by atoms with Gasteiger partial charge in [0.25, 0.3) is 0 Å². The van der Waals surface area contributed by atoms with Gasteiger partial charge in [-0.3, -0.25) is 0 Å². The Labute approximate surface area is 76.1 Å². The van der Waals surface area contributed by atoms with Crippen LogP contribution >= 0.6 is 0 Å². The van der Waals surface area contributed by atoms with Crippen molar-refractivity contribution < 1.29 is 0 Å². The Morgan fingerprint density at radius 1 is 1.00 bits per heavy atom. The molecule has 0 aromatic heterocycles. The average Bonchev–Trinajstić information content (AvgIpc) is 2.49. The Morgan fingerprint density at radius 2 is 1.83 bits per heavy atom. The highest BCUT2D eigenvalue weighted by molar-refractivity contribution is 4.91. The van der Waals surface area contributed by atoms with Crippen LogP contribution in [0.25, 0.3) is 0 Å². The quantitative estimate of drug-likeness (QED) is 0.478. The van der Waals surface area contributed by atoms with Crippen molar-refractivity contribution >= 4 is 0 Å². The zero-order valence-electron chi connectivity index (χ0n) is 8.13. The van der Waals surface area contributed by atoms with Crippen molar-refractivity contribution in [2.45, 2.75) is 45.4 Å². The van der Waals surface area contributed by atoms with Gasteiger partial charge in [0.1, 0.15) is 0 Å². The lowest BCUT2D eigenvalue weighted by Gasteiger charge is -2.12. The first-order chi connectivity index (χ1) is 5.84. The summed E-state index contributed by atoms with van der Waals surface area (Å²) in [6.07, 6.45) is 13.7. The molecule has 0 nitrogen and oxygen atoms in total. The van der Waals surface area contributed by atoms with Gasteiger partial charge in [0.15, 0.2) is 0 Å². The summed E-state index contributed by atoms with van der Waals surface area (Å²) in [5, 5.41) is 0. The molecule has 2 aliphatic carbocycles. The molecular formula is C12H20. The highest BCUT2D eigenvalue weighted by Gasteiger charge is 2.25. The zero-order chi connectivity index (χ0) is 8.39. The van der Waals surface area contributed by atoms with Crippen molar-refractivity contribution in [3.05, 3.63) is 12.2 Å². The minimum atomic E-state index is 0.840. The SMILES string of the molecule is CC1C=CCCC2CCC(C1)C2. The van der Waals surface area contributed by atoms with Crippen LogP contribution < -0.4 is 0 Å². The summed E-state index contributed by atoms with van der Waals surface area (Å²) >= 11 is 0. The Kier molecular flexibility index (Phi) is 2.53. The third-order valence-corrected chi connectivity index (χ3v) is 3.56. The van der Waals surface area contributed by atoms with E-state index in [1.807, 2.05) is 0 Å². The third-order valence-electron chi connectivity index (χ3n) is 3.56. The summed E-state index contributed by atoms with van der Waals surface area (Å²) in [6.45, 7) is 2.37. The number of hydrogen-bond donors (Lipinski definition) is 0. The van der Waals surface area contributed by atoms with Crippen molar-refractivity contribution in [3.8, 4) is 0 Å². The first-order valence-corrected chi connectivity index (χ1v) is 5.51. The molecule has 68 valence electrons. The molecular weight excluding hydrogens is 144 g/mol. The fourth-order valence-corrected chi connectivity index (χ4v) is 2.92. The van der Waals surface area contributed by atoms with Crippen LogP contribution in [-0.2, 0) is 0 Å². The normalized spacial score (nSPS) is 41.9. The van der Waals surface area contributed by atoms with E-state index in [0.29, 0.717) is 0 Å². The van der Waals surface area contributed by atoms with Gasteiger partial charge in [-0.25, -0.2) is 0 Å². The molecule has 12 heavy (non-hydrogen) atoms. The summed E-state index contributed by atoms with van der Waals surface area (Å²) in [7, 11) is 0. The maximum absolute atomic E-state index is 2.43. The Morgan fingerprint density at radius 3 is 2.75 bits per heavy atom. The molecule has 0 radical (unpaired) electrons. The second-order valence-corrected chi connectivity index (χ2v) is 4.76. The molecule has 0 heterocycles. The topological polar surface area (TPSA) is 0 Å². The average molecular weight is 164 g/mol. The van der Waals surface area contributed by atoms with E-state index in [0.717, 1.165) is 17.8 Å². The molecule has 0 heteroatoms. The van der Waals surface area contributed by atoms with Crippen molar-refractivity contribution in [1.29, 1.82) is 0 Å². The van der Waals surface area contributed by atoms with Crippen LogP contribution in [0.3, 0.4) is 0 Å². The van der Waals surface area contributed by atoms with Gasteiger partial charge >= 0.3 is 0 Å². The van der Waals surface area contributed by atoms with Gasteiger partial charge in [0, 0.05) is 0 Å². The van der Waals surface area contributed by atoms with E-state index in [-0.39, 0.29) is 0 Å². The first-order valence-electron chi connectivity index (χ1n) is 5.51. The molecule has 2 aliphatic rings. The molecule has 2 bridgehead atoms. The van der Waals surface area contributed by atoms with Gasteiger partial charge in [0.2, 0.25) is 0 Å². The van der Waals surface area contributed by atoms with E-state index < -0.39 is 0 Å². The van der Waals surface area contributed by atoms with Crippen molar-refractivity contribution in [1.82, 2.24) is 0 Å². The fourth-order valence-electron chi connectivity index (χ4n) is 2.92. The molecule has 0 saturated heterocycles. The minimum Gasteiger partial charge on any atom is -0.0883 e. The Hall–Kier alpha value is -0.260. The van der Waals surface area contributed by atoms with Crippen molar-refractivity contribution in [2.24, 2.45) is 17.8 Å². The van der Waals surface area contributed by atoms with Crippen LogP contribution in [0, 0.1) is 17.8 Å². The molecule has 0 amide bonds. The lowest BCUT2D eigenvalue weighted by atomic mass is 9.94. The van der Waals surface area contributed by atoms with Crippen LogP contribution in [0.2, 0.25) is 0 Å². The molecule has 3 atom stereocenters. The van der Waals surface area contributed by atoms with Gasteiger partial charge in [-0.2, -0.15) is 0 Å². The van der Waals surface area contributed by atoms with Gasteiger partial charge in [-0.05, 0) is 43.4 Å². The van der Waals surface area contributed by atoms with Crippen molar-refractivity contribution in [3.63, 3.8) is 0 Å². The first kappa shape index (κ1) is 8.34. The van der Waals surface area contributed by atoms with Gasteiger partial charge in [0.05, 0.1) is 0 Å². The van der Waals surface area contributed by atoms with Crippen LogP contribution in [0.4, 0.5) is 0 Å². The molecule has 0 aromatic rings. The second kappa shape index (κ2) is 3.64. The smallest absolute Gasteiger partial charge is 0.0259 e. The number of hydrogen-bond acceptors (Lipinski definition) is 0. The highest BCUT2D eigenvalue weighted by Crippen LogP contribution is 2.38. The fraction of sp³-hybridized carbons (Fsp3) is 0.833. The predicted molar refractivity (Wildman–Crippen MR) is 53.0 cm³/mol. The molecule has 0 spiro atoms. The van der Waals surface area contributed by atoms with E-state index in [1.54, 1.807) is 0 Å². The van der Waals surface area contributed by atoms with E-state index in [1.165, 1.54) is 38.5 Å². The van der Waals surface area contributed by atoms with Crippen LogP contribution in [0.1, 0.15) is 45.4 Å². The summed E-state index contributed by atoms with van der Waals surface area (Å²) in [5.74, 6) is 2.98.